The third-order valence-corrected chi connectivity index (χ3v) is 4.29. The van der Waals surface area contributed by atoms with Gasteiger partial charge in [0.05, 0.1) is 0 Å². The van der Waals surface area contributed by atoms with Gasteiger partial charge in [-0.1, -0.05) is 6.07 Å². The van der Waals surface area contributed by atoms with Crippen molar-refractivity contribution in [3.8, 4) is 5.69 Å². The molecule has 8 nitrogen and oxygen atoms in total. The summed E-state index contributed by atoms with van der Waals surface area (Å²) in [6.45, 7) is 0.827. The standard InChI is InChI=1S/C16H17N7O/c24-16(12-2-1-3-14(8-12)23-9-17-18-10-23)20-13-4-5-15-21-19-11-22(15)7-6-13/h1-3,8-11,13H,4-7H2,(H,20,24). The maximum Gasteiger partial charge on any atom is 0.251 e. The molecule has 1 aromatic carbocycles. The summed E-state index contributed by atoms with van der Waals surface area (Å²) in [6, 6.07) is 7.56. The zero-order valence-electron chi connectivity index (χ0n) is 13.0. The molecule has 0 spiro atoms. The monoisotopic (exact) mass is 323 g/mol. The van der Waals surface area contributed by atoms with E-state index in [4.69, 9.17) is 0 Å². The first-order chi connectivity index (χ1) is 11.8. The molecule has 0 saturated carbocycles. The second-order valence-corrected chi connectivity index (χ2v) is 5.86. The van der Waals surface area contributed by atoms with Crippen molar-refractivity contribution in [1.29, 1.82) is 0 Å². The molecule has 122 valence electrons. The van der Waals surface area contributed by atoms with Gasteiger partial charge in [-0.3, -0.25) is 9.36 Å². The predicted molar refractivity (Wildman–Crippen MR) is 85.6 cm³/mol. The van der Waals surface area contributed by atoms with E-state index >= 15 is 0 Å². The molecule has 0 bridgehead atoms. The van der Waals surface area contributed by atoms with Crippen molar-refractivity contribution >= 4 is 5.91 Å². The summed E-state index contributed by atoms with van der Waals surface area (Å²) in [6.07, 6.45) is 7.54. The Bertz CT molecular complexity index is 817. The molecule has 1 atom stereocenters. The molecule has 3 heterocycles. The summed E-state index contributed by atoms with van der Waals surface area (Å²) in [7, 11) is 0. The number of hydrogen-bond acceptors (Lipinski definition) is 5. The molecule has 0 fully saturated rings. The molecular formula is C16H17N7O. The second-order valence-electron chi connectivity index (χ2n) is 5.86. The van der Waals surface area contributed by atoms with Crippen molar-refractivity contribution in [2.45, 2.75) is 31.8 Å². The zero-order valence-corrected chi connectivity index (χ0v) is 13.0. The lowest BCUT2D eigenvalue weighted by molar-refractivity contribution is 0.0933. The third-order valence-electron chi connectivity index (χ3n) is 4.29. The molecule has 0 radical (unpaired) electrons. The van der Waals surface area contributed by atoms with Crippen molar-refractivity contribution in [1.82, 2.24) is 34.8 Å². The molecule has 1 unspecified atom stereocenters. The average Bonchev–Trinajstić information content (AvgIpc) is 3.26. The van der Waals surface area contributed by atoms with Crippen molar-refractivity contribution < 1.29 is 4.79 Å². The Balaban J connectivity index is 1.45. The van der Waals surface area contributed by atoms with Crippen LogP contribution in [0.1, 0.15) is 29.0 Å². The third kappa shape index (κ3) is 2.90. The van der Waals surface area contributed by atoms with E-state index in [-0.39, 0.29) is 11.9 Å². The summed E-state index contributed by atoms with van der Waals surface area (Å²) in [5.41, 5.74) is 1.49. The Labute approximate surface area is 138 Å². The van der Waals surface area contributed by atoms with Crippen LogP contribution in [0.15, 0.2) is 43.2 Å². The molecule has 1 aliphatic heterocycles. The number of aryl methyl sites for hydroxylation is 2. The van der Waals surface area contributed by atoms with E-state index in [0.717, 1.165) is 37.3 Å². The number of benzene rings is 1. The molecule has 0 aliphatic carbocycles. The Kier molecular flexibility index (Phi) is 3.78. The highest BCUT2D eigenvalue weighted by molar-refractivity contribution is 5.94. The molecule has 8 heteroatoms. The van der Waals surface area contributed by atoms with Crippen LogP contribution in [0.25, 0.3) is 5.69 Å². The lowest BCUT2D eigenvalue weighted by atomic mass is 10.1. The lowest BCUT2D eigenvalue weighted by Gasteiger charge is -2.16. The van der Waals surface area contributed by atoms with E-state index in [1.165, 1.54) is 0 Å². The molecular weight excluding hydrogens is 306 g/mol. The Morgan fingerprint density at radius 1 is 1.12 bits per heavy atom. The normalized spacial score (nSPS) is 17.1. The molecule has 1 amide bonds. The van der Waals surface area contributed by atoms with Crippen LogP contribution in [-0.4, -0.2) is 41.5 Å². The number of rotatable bonds is 3. The van der Waals surface area contributed by atoms with Crippen molar-refractivity contribution in [2.75, 3.05) is 0 Å². The quantitative estimate of drug-likeness (QED) is 0.776. The van der Waals surface area contributed by atoms with Gasteiger partial charge >= 0.3 is 0 Å². The largest absolute Gasteiger partial charge is 0.349 e. The fourth-order valence-electron chi connectivity index (χ4n) is 2.96. The fraction of sp³-hybridized carbons (Fsp3) is 0.312. The Morgan fingerprint density at radius 2 is 2.00 bits per heavy atom. The van der Waals surface area contributed by atoms with Gasteiger partial charge < -0.3 is 9.88 Å². The van der Waals surface area contributed by atoms with Crippen molar-refractivity contribution in [2.24, 2.45) is 0 Å². The highest BCUT2D eigenvalue weighted by Crippen LogP contribution is 2.14. The molecule has 1 aliphatic rings. The number of hydrogen-bond donors (Lipinski definition) is 1. The van der Waals surface area contributed by atoms with E-state index in [9.17, 15) is 4.79 Å². The van der Waals surface area contributed by atoms with Gasteiger partial charge in [0.15, 0.2) is 0 Å². The van der Waals surface area contributed by atoms with Gasteiger partial charge in [-0.25, -0.2) is 0 Å². The first-order valence-electron chi connectivity index (χ1n) is 7.92. The van der Waals surface area contributed by atoms with E-state index in [2.05, 4.69) is 30.3 Å². The SMILES string of the molecule is O=C(NC1CCc2nncn2CC1)c1cccc(-n2cnnc2)c1. The van der Waals surface area contributed by atoms with Crippen LogP contribution in [0.5, 0.6) is 0 Å². The van der Waals surface area contributed by atoms with E-state index in [1.807, 2.05) is 24.3 Å². The van der Waals surface area contributed by atoms with Crippen LogP contribution in [0, 0.1) is 0 Å². The molecule has 2 aromatic heterocycles. The van der Waals surface area contributed by atoms with E-state index < -0.39 is 0 Å². The molecule has 3 aromatic rings. The first kappa shape index (κ1) is 14.6. The minimum absolute atomic E-state index is 0.0624. The number of nitrogens with zero attached hydrogens (tertiary/aromatic N) is 6. The van der Waals surface area contributed by atoms with Crippen LogP contribution >= 0.6 is 0 Å². The van der Waals surface area contributed by atoms with Gasteiger partial charge in [-0.15, -0.1) is 20.4 Å². The topological polar surface area (TPSA) is 90.5 Å². The van der Waals surface area contributed by atoms with Gasteiger partial charge in [-0.05, 0) is 31.0 Å². The number of fused-ring (bicyclic) bond motifs is 1. The fourth-order valence-corrected chi connectivity index (χ4v) is 2.96. The minimum atomic E-state index is -0.0624. The van der Waals surface area contributed by atoms with Gasteiger partial charge in [0.2, 0.25) is 0 Å². The number of amides is 1. The van der Waals surface area contributed by atoms with Crippen molar-refractivity contribution in [3.05, 3.63) is 54.6 Å². The van der Waals surface area contributed by atoms with Crippen LogP contribution in [0.4, 0.5) is 0 Å². The number of nitrogens with one attached hydrogen (secondary N) is 1. The molecule has 0 saturated heterocycles. The van der Waals surface area contributed by atoms with Crippen LogP contribution in [-0.2, 0) is 13.0 Å². The molecule has 1 N–H and O–H groups in total. The van der Waals surface area contributed by atoms with Crippen LogP contribution < -0.4 is 5.32 Å². The highest BCUT2D eigenvalue weighted by atomic mass is 16.1. The van der Waals surface area contributed by atoms with Gasteiger partial charge in [0.25, 0.3) is 5.91 Å². The summed E-state index contributed by atoms with van der Waals surface area (Å²) in [5.74, 6) is 0.925. The Morgan fingerprint density at radius 3 is 2.88 bits per heavy atom. The van der Waals surface area contributed by atoms with Crippen LogP contribution in [0.2, 0.25) is 0 Å². The Hall–Kier alpha value is -3.03. The maximum atomic E-state index is 12.6. The number of carbonyl (C=O) groups excluding carboxylic acids is 1. The van der Waals surface area contributed by atoms with Gasteiger partial charge in [0.1, 0.15) is 24.8 Å². The number of carbonyl (C=O) groups is 1. The average molecular weight is 323 g/mol. The summed E-state index contributed by atoms with van der Waals surface area (Å²) in [4.78, 5) is 12.6. The minimum Gasteiger partial charge on any atom is -0.349 e. The zero-order chi connectivity index (χ0) is 16.4. The van der Waals surface area contributed by atoms with Gasteiger partial charge in [-0.2, -0.15) is 0 Å². The maximum absolute atomic E-state index is 12.6. The van der Waals surface area contributed by atoms with Crippen LogP contribution in [0.3, 0.4) is 0 Å². The highest BCUT2D eigenvalue weighted by Gasteiger charge is 2.19. The molecule has 4 rings (SSSR count). The first-order valence-corrected chi connectivity index (χ1v) is 7.92. The van der Waals surface area contributed by atoms with Crippen molar-refractivity contribution in [3.63, 3.8) is 0 Å². The smallest absolute Gasteiger partial charge is 0.251 e. The van der Waals surface area contributed by atoms with E-state index in [1.54, 1.807) is 23.5 Å². The lowest BCUT2D eigenvalue weighted by Crippen LogP contribution is -2.35. The number of aromatic nitrogens is 6. The second kappa shape index (κ2) is 6.23. The summed E-state index contributed by atoms with van der Waals surface area (Å²) >= 11 is 0. The summed E-state index contributed by atoms with van der Waals surface area (Å²) in [5, 5.41) is 18.8. The summed E-state index contributed by atoms with van der Waals surface area (Å²) < 4.78 is 3.83. The predicted octanol–water partition coefficient (Wildman–Crippen LogP) is 0.994. The van der Waals surface area contributed by atoms with E-state index in [0.29, 0.717) is 5.56 Å². The molecule has 24 heavy (non-hydrogen) atoms. The van der Waals surface area contributed by atoms with Gasteiger partial charge in [0, 0.05) is 30.3 Å².